The molecular weight excluding hydrogens is 340 g/mol. The zero-order valence-electron chi connectivity index (χ0n) is 16.3. The Morgan fingerprint density at radius 2 is 1.85 bits per heavy atom. The number of piperidine rings is 1. The lowest BCUT2D eigenvalue weighted by molar-refractivity contribution is -0.140. The Labute approximate surface area is 161 Å². The highest BCUT2D eigenvalue weighted by atomic mass is 16.5. The molecule has 1 aromatic rings. The first-order valence-corrected chi connectivity index (χ1v) is 10.4. The second-order valence-electron chi connectivity index (χ2n) is 8.31. The number of ether oxygens (including phenoxy) is 1. The van der Waals surface area contributed by atoms with Crippen molar-refractivity contribution in [1.29, 1.82) is 0 Å². The third kappa shape index (κ3) is 3.88. The Morgan fingerprint density at radius 3 is 2.48 bits per heavy atom. The summed E-state index contributed by atoms with van der Waals surface area (Å²) < 4.78 is 5.95. The van der Waals surface area contributed by atoms with E-state index in [1.807, 2.05) is 9.80 Å². The third-order valence-corrected chi connectivity index (χ3v) is 6.54. The van der Waals surface area contributed by atoms with E-state index in [-0.39, 0.29) is 23.3 Å². The molecule has 0 N–H and O–H groups in total. The van der Waals surface area contributed by atoms with Crippen molar-refractivity contribution >= 4 is 11.8 Å². The van der Waals surface area contributed by atoms with E-state index in [9.17, 15) is 9.59 Å². The SMILES string of the molecule is CCc1ccc(CN2C[C@H](C(=O)N3CCC4(CCCO4)CC3)CC2=O)cc1. The van der Waals surface area contributed by atoms with Gasteiger partial charge in [-0.25, -0.2) is 0 Å². The summed E-state index contributed by atoms with van der Waals surface area (Å²) in [4.78, 5) is 29.2. The lowest BCUT2D eigenvalue weighted by Gasteiger charge is -2.39. The molecule has 0 radical (unpaired) electrons. The normalized spacial score (nSPS) is 24.8. The molecule has 5 heteroatoms. The lowest BCUT2D eigenvalue weighted by Crippen LogP contribution is -2.48. The number of nitrogens with zero attached hydrogens (tertiary/aromatic N) is 2. The van der Waals surface area contributed by atoms with Gasteiger partial charge in [0.15, 0.2) is 0 Å². The molecule has 3 aliphatic rings. The summed E-state index contributed by atoms with van der Waals surface area (Å²) in [6, 6.07) is 8.42. The summed E-state index contributed by atoms with van der Waals surface area (Å²) >= 11 is 0. The van der Waals surface area contributed by atoms with Gasteiger partial charge in [0, 0.05) is 39.2 Å². The van der Waals surface area contributed by atoms with E-state index in [4.69, 9.17) is 4.74 Å². The van der Waals surface area contributed by atoms with Crippen LogP contribution in [-0.2, 0) is 27.3 Å². The minimum Gasteiger partial charge on any atom is -0.375 e. The van der Waals surface area contributed by atoms with Crippen molar-refractivity contribution in [2.45, 2.75) is 57.6 Å². The molecule has 0 bridgehead atoms. The predicted octanol–water partition coefficient (Wildman–Crippen LogP) is 2.77. The zero-order valence-corrected chi connectivity index (χ0v) is 16.3. The maximum atomic E-state index is 12.9. The molecule has 3 saturated heterocycles. The molecule has 3 aliphatic heterocycles. The predicted molar refractivity (Wildman–Crippen MR) is 103 cm³/mol. The second-order valence-corrected chi connectivity index (χ2v) is 8.31. The minimum absolute atomic E-state index is 0.0267. The molecule has 1 atom stereocenters. The van der Waals surface area contributed by atoms with E-state index in [0.717, 1.165) is 57.4 Å². The molecule has 0 saturated carbocycles. The maximum absolute atomic E-state index is 12.9. The smallest absolute Gasteiger partial charge is 0.227 e. The molecule has 4 rings (SSSR count). The number of rotatable bonds is 4. The number of likely N-dealkylation sites (tertiary alicyclic amines) is 2. The molecule has 3 fully saturated rings. The first kappa shape index (κ1) is 18.5. The van der Waals surface area contributed by atoms with E-state index in [2.05, 4.69) is 31.2 Å². The van der Waals surface area contributed by atoms with Crippen LogP contribution in [0.15, 0.2) is 24.3 Å². The van der Waals surface area contributed by atoms with Gasteiger partial charge in [-0.05, 0) is 43.2 Å². The van der Waals surface area contributed by atoms with E-state index in [1.165, 1.54) is 5.56 Å². The summed E-state index contributed by atoms with van der Waals surface area (Å²) in [5.41, 5.74) is 2.46. The van der Waals surface area contributed by atoms with Gasteiger partial charge in [0.2, 0.25) is 11.8 Å². The summed E-state index contributed by atoms with van der Waals surface area (Å²) in [7, 11) is 0. The zero-order chi connectivity index (χ0) is 18.9. The number of aryl methyl sites for hydroxylation is 1. The van der Waals surface area contributed by atoms with Gasteiger partial charge in [0.25, 0.3) is 0 Å². The van der Waals surface area contributed by atoms with E-state index < -0.39 is 0 Å². The van der Waals surface area contributed by atoms with Crippen molar-refractivity contribution in [3.8, 4) is 0 Å². The van der Waals surface area contributed by atoms with E-state index >= 15 is 0 Å². The van der Waals surface area contributed by atoms with Crippen molar-refractivity contribution in [2.75, 3.05) is 26.2 Å². The molecule has 1 aromatic carbocycles. The average molecular weight is 370 g/mol. The van der Waals surface area contributed by atoms with Gasteiger partial charge in [-0.3, -0.25) is 9.59 Å². The van der Waals surface area contributed by atoms with Crippen LogP contribution in [0, 0.1) is 5.92 Å². The van der Waals surface area contributed by atoms with Gasteiger partial charge in [0.1, 0.15) is 0 Å². The molecule has 27 heavy (non-hydrogen) atoms. The van der Waals surface area contributed by atoms with Gasteiger partial charge in [0.05, 0.1) is 11.5 Å². The van der Waals surface area contributed by atoms with Crippen LogP contribution in [0.4, 0.5) is 0 Å². The highest BCUT2D eigenvalue weighted by Gasteiger charge is 2.42. The molecule has 0 unspecified atom stereocenters. The van der Waals surface area contributed by atoms with Crippen molar-refractivity contribution in [2.24, 2.45) is 5.92 Å². The van der Waals surface area contributed by atoms with Gasteiger partial charge in [-0.2, -0.15) is 0 Å². The van der Waals surface area contributed by atoms with Crippen LogP contribution in [0.25, 0.3) is 0 Å². The van der Waals surface area contributed by atoms with Gasteiger partial charge in [-0.1, -0.05) is 31.2 Å². The maximum Gasteiger partial charge on any atom is 0.227 e. The summed E-state index contributed by atoms with van der Waals surface area (Å²) in [6.45, 7) is 5.68. The number of hydrogen-bond donors (Lipinski definition) is 0. The van der Waals surface area contributed by atoms with Crippen LogP contribution in [0.3, 0.4) is 0 Å². The second kappa shape index (κ2) is 7.63. The van der Waals surface area contributed by atoms with Crippen LogP contribution < -0.4 is 0 Å². The summed E-state index contributed by atoms with van der Waals surface area (Å²) in [6.07, 6.45) is 5.51. The standard InChI is InChI=1S/C22H30N2O3/c1-2-17-4-6-18(7-5-17)15-24-16-19(14-20(24)25)21(26)23-11-9-22(10-12-23)8-3-13-27-22/h4-7,19H,2-3,8-16H2,1H3/t19-/m1/s1. The summed E-state index contributed by atoms with van der Waals surface area (Å²) in [5, 5.41) is 0. The van der Waals surface area contributed by atoms with Gasteiger partial charge >= 0.3 is 0 Å². The van der Waals surface area contributed by atoms with Crippen molar-refractivity contribution < 1.29 is 14.3 Å². The van der Waals surface area contributed by atoms with Gasteiger partial charge in [-0.15, -0.1) is 0 Å². The Hall–Kier alpha value is -1.88. The first-order chi connectivity index (χ1) is 13.1. The topological polar surface area (TPSA) is 49.9 Å². The lowest BCUT2D eigenvalue weighted by atomic mass is 9.88. The van der Waals surface area contributed by atoms with Crippen molar-refractivity contribution in [3.05, 3.63) is 35.4 Å². The van der Waals surface area contributed by atoms with Crippen LogP contribution in [0.2, 0.25) is 0 Å². The number of carbonyl (C=O) groups excluding carboxylic acids is 2. The van der Waals surface area contributed by atoms with Crippen molar-refractivity contribution in [1.82, 2.24) is 9.80 Å². The molecule has 146 valence electrons. The Morgan fingerprint density at radius 1 is 1.15 bits per heavy atom. The number of carbonyl (C=O) groups is 2. The average Bonchev–Trinajstić information content (AvgIpc) is 3.30. The van der Waals surface area contributed by atoms with Gasteiger partial charge < -0.3 is 14.5 Å². The van der Waals surface area contributed by atoms with E-state index in [0.29, 0.717) is 19.5 Å². The van der Waals surface area contributed by atoms with Crippen molar-refractivity contribution in [3.63, 3.8) is 0 Å². The van der Waals surface area contributed by atoms with Crippen LogP contribution in [0.1, 0.15) is 50.2 Å². The monoisotopic (exact) mass is 370 g/mol. The first-order valence-electron chi connectivity index (χ1n) is 10.4. The number of amides is 2. The summed E-state index contributed by atoms with van der Waals surface area (Å²) in [5.74, 6) is 0.0616. The molecule has 3 heterocycles. The minimum atomic E-state index is -0.189. The molecule has 0 aliphatic carbocycles. The Bertz CT molecular complexity index is 684. The van der Waals surface area contributed by atoms with Crippen LogP contribution in [-0.4, -0.2) is 53.5 Å². The fourth-order valence-electron chi connectivity index (χ4n) is 4.73. The Kier molecular flexibility index (Phi) is 5.22. The quantitative estimate of drug-likeness (QED) is 0.819. The molecular formula is C22H30N2O3. The third-order valence-electron chi connectivity index (χ3n) is 6.54. The van der Waals surface area contributed by atoms with Crippen LogP contribution in [0.5, 0.6) is 0 Å². The highest BCUT2D eigenvalue weighted by Crippen LogP contribution is 2.36. The van der Waals surface area contributed by atoms with E-state index in [1.54, 1.807) is 0 Å². The largest absolute Gasteiger partial charge is 0.375 e. The number of benzene rings is 1. The molecule has 2 amide bonds. The fourth-order valence-corrected chi connectivity index (χ4v) is 4.73. The molecule has 1 spiro atoms. The Balaban J connectivity index is 1.32. The highest BCUT2D eigenvalue weighted by molar-refractivity contribution is 5.89. The molecule has 5 nitrogen and oxygen atoms in total. The number of hydrogen-bond acceptors (Lipinski definition) is 3. The molecule has 0 aromatic heterocycles. The van der Waals surface area contributed by atoms with Crippen LogP contribution >= 0.6 is 0 Å². The fraction of sp³-hybridized carbons (Fsp3) is 0.636.